The zero-order chi connectivity index (χ0) is 69.8. The summed E-state index contributed by atoms with van der Waals surface area (Å²) in [5.41, 5.74) is 0. The monoisotopic (exact) mass is 1390 g/mol. The Labute approximate surface area is 578 Å². The minimum Gasteiger partial charge on any atom is -0.462 e. The second-order valence-electron chi connectivity index (χ2n) is 26.5. The van der Waals surface area contributed by atoms with E-state index in [0.717, 1.165) is 128 Å². The van der Waals surface area contributed by atoms with Gasteiger partial charge in [-0.2, -0.15) is 0 Å². The van der Waals surface area contributed by atoms with Crippen LogP contribution in [-0.2, 0) is 65.4 Å². The molecule has 0 heterocycles. The Bertz CT molecular complexity index is 2010. The van der Waals surface area contributed by atoms with Gasteiger partial charge in [0.05, 0.1) is 26.4 Å². The van der Waals surface area contributed by atoms with E-state index in [9.17, 15) is 43.2 Å². The average Bonchev–Trinajstić information content (AvgIpc) is 1.47. The van der Waals surface area contributed by atoms with Gasteiger partial charge in [-0.25, -0.2) is 9.13 Å². The molecule has 3 N–H and O–H groups in total. The van der Waals surface area contributed by atoms with Gasteiger partial charge in [-0.3, -0.25) is 37.3 Å². The number of rotatable bonds is 72. The smallest absolute Gasteiger partial charge is 0.462 e. The standard InChI is InChI=1S/C76H140O17P2/c1-6-9-12-15-18-21-24-27-29-31-34-40-45-50-55-60-74(79)87-65-71(92-75(80)61-56-51-46-41-35-32-30-28-25-22-19-16-13-10-7-2)67-90-94(82,83)88-63-70(77)64-89-95(84,85)91-68-72(66-86-73(78)59-54-49-44-39-33-26-23-20-17-14-11-8-3)93-76(81)62-57-52-47-42-37-36-38-43-48-53-58-69(4)5/h21-22,24-25,27-30,69-72,77H,6-20,23,26,31-68H2,1-5H3,(H,82,83)(H,84,85)/b24-21-,25-22-,29-27-,30-28-/t70-,71-,72-/m1/s1. The first-order valence-corrected chi connectivity index (χ1v) is 41.3. The number of carbonyl (C=O) groups is 4. The predicted molar refractivity (Wildman–Crippen MR) is 386 cm³/mol. The molecule has 0 aromatic heterocycles. The molecular weight excluding hydrogens is 1250 g/mol. The number of aliphatic hydroxyl groups excluding tert-OH is 1. The van der Waals surface area contributed by atoms with Crippen LogP contribution in [0.5, 0.6) is 0 Å². The highest BCUT2D eigenvalue weighted by molar-refractivity contribution is 7.47. The fraction of sp³-hybridized carbons (Fsp3) is 0.842. The summed E-state index contributed by atoms with van der Waals surface area (Å²) >= 11 is 0. The van der Waals surface area contributed by atoms with Crippen LogP contribution in [0, 0.1) is 5.92 Å². The topological polar surface area (TPSA) is 237 Å². The molecule has 0 aromatic rings. The van der Waals surface area contributed by atoms with Crippen molar-refractivity contribution >= 4 is 39.5 Å². The van der Waals surface area contributed by atoms with E-state index in [0.29, 0.717) is 25.7 Å². The molecule has 0 saturated heterocycles. The van der Waals surface area contributed by atoms with Crippen molar-refractivity contribution in [1.82, 2.24) is 0 Å². The number of hydrogen-bond donors (Lipinski definition) is 3. The van der Waals surface area contributed by atoms with Crippen LogP contribution in [0.4, 0.5) is 0 Å². The molecule has 0 rings (SSSR count). The highest BCUT2D eigenvalue weighted by Crippen LogP contribution is 2.45. The Balaban J connectivity index is 5.33. The molecule has 0 aliphatic rings. The number of carbonyl (C=O) groups excluding carboxylic acids is 4. The molecule has 0 spiro atoms. The maximum absolute atomic E-state index is 13.1. The quantitative estimate of drug-likeness (QED) is 0.0169. The number of ether oxygens (including phenoxy) is 4. The maximum atomic E-state index is 13.1. The first kappa shape index (κ1) is 92.0. The molecule has 19 heteroatoms. The Kier molecular flexibility index (Phi) is 66.0. The fourth-order valence-electron chi connectivity index (χ4n) is 10.6. The van der Waals surface area contributed by atoms with Crippen molar-refractivity contribution in [3.8, 4) is 0 Å². The number of phosphoric ester groups is 2. The number of unbranched alkanes of at least 4 members (excludes halogenated alkanes) is 38. The molecule has 95 heavy (non-hydrogen) atoms. The van der Waals surface area contributed by atoms with E-state index in [1.54, 1.807) is 0 Å². The molecule has 0 fully saturated rings. The van der Waals surface area contributed by atoms with Crippen molar-refractivity contribution in [3.05, 3.63) is 48.6 Å². The van der Waals surface area contributed by atoms with Crippen molar-refractivity contribution in [2.45, 2.75) is 368 Å². The first-order valence-electron chi connectivity index (χ1n) is 38.3. The van der Waals surface area contributed by atoms with Crippen LogP contribution in [-0.4, -0.2) is 96.7 Å². The number of allylic oxidation sites excluding steroid dienone is 8. The second-order valence-corrected chi connectivity index (χ2v) is 29.4. The van der Waals surface area contributed by atoms with Gasteiger partial charge in [-0.15, -0.1) is 0 Å². The number of phosphoric acid groups is 2. The third-order valence-corrected chi connectivity index (χ3v) is 18.4. The van der Waals surface area contributed by atoms with Gasteiger partial charge in [0.2, 0.25) is 0 Å². The van der Waals surface area contributed by atoms with Crippen LogP contribution in [0.15, 0.2) is 48.6 Å². The molecule has 0 aliphatic carbocycles. The lowest BCUT2D eigenvalue weighted by Gasteiger charge is -2.21. The molecule has 17 nitrogen and oxygen atoms in total. The maximum Gasteiger partial charge on any atom is 0.472 e. The molecule has 0 bridgehead atoms. The number of esters is 4. The molecular formula is C76H140O17P2. The van der Waals surface area contributed by atoms with E-state index in [1.807, 2.05) is 0 Å². The van der Waals surface area contributed by atoms with Crippen molar-refractivity contribution < 1.29 is 80.2 Å². The zero-order valence-electron chi connectivity index (χ0n) is 60.8. The highest BCUT2D eigenvalue weighted by atomic mass is 31.2. The summed E-state index contributed by atoms with van der Waals surface area (Å²) in [5, 5.41) is 10.6. The second kappa shape index (κ2) is 68.2. The molecule has 0 radical (unpaired) electrons. The van der Waals surface area contributed by atoms with Crippen molar-refractivity contribution in [2.75, 3.05) is 39.6 Å². The van der Waals surface area contributed by atoms with Crippen LogP contribution in [0.3, 0.4) is 0 Å². The third-order valence-electron chi connectivity index (χ3n) is 16.5. The third kappa shape index (κ3) is 69.3. The summed E-state index contributed by atoms with van der Waals surface area (Å²) in [4.78, 5) is 72.8. The van der Waals surface area contributed by atoms with Crippen LogP contribution < -0.4 is 0 Å². The van der Waals surface area contributed by atoms with Crippen LogP contribution in [0.2, 0.25) is 0 Å². The lowest BCUT2D eigenvalue weighted by molar-refractivity contribution is -0.161. The number of aliphatic hydroxyl groups is 1. The van der Waals surface area contributed by atoms with Gasteiger partial charge in [0.1, 0.15) is 19.3 Å². The Morgan fingerprint density at radius 3 is 0.863 bits per heavy atom. The lowest BCUT2D eigenvalue weighted by Crippen LogP contribution is -2.30. The highest BCUT2D eigenvalue weighted by Gasteiger charge is 2.30. The van der Waals surface area contributed by atoms with Gasteiger partial charge in [0, 0.05) is 25.7 Å². The average molecular weight is 1390 g/mol. The molecule has 0 saturated carbocycles. The Hall–Kier alpha value is -2.98. The van der Waals surface area contributed by atoms with Gasteiger partial charge < -0.3 is 33.8 Å². The lowest BCUT2D eigenvalue weighted by atomic mass is 10.0. The molecule has 0 amide bonds. The van der Waals surface area contributed by atoms with Crippen LogP contribution in [0.25, 0.3) is 0 Å². The molecule has 2 unspecified atom stereocenters. The van der Waals surface area contributed by atoms with Gasteiger partial charge in [0.15, 0.2) is 12.2 Å². The molecule has 0 aromatic carbocycles. The van der Waals surface area contributed by atoms with Crippen LogP contribution in [0.1, 0.15) is 349 Å². The van der Waals surface area contributed by atoms with E-state index in [4.69, 9.17) is 37.0 Å². The van der Waals surface area contributed by atoms with Crippen molar-refractivity contribution in [1.29, 1.82) is 0 Å². The minimum absolute atomic E-state index is 0.0783. The predicted octanol–water partition coefficient (Wildman–Crippen LogP) is 21.6. The van der Waals surface area contributed by atoms with Gasteiger partial charge in [-0.1, -0.05) is 295 Å². The number of hydrogen-bond acceptors (Lipinski definition) is 15. The van der Waals surface area contributed by atoms with Gasteiger partial charge in [-0.05, 0) is 83.0 Å². The molecule has 556 valence electrons. The molecule has 0 aliphatic heterocycles. The summed E-state index contributed by atoms with van der Waals surface area (Å²) in [6.45, 7) is 7.14. The first-order chi connectivity index (χ1) is 46.0. The summed E-state index contributed by atoms with van der Waals surface area (Å²) in [6.07, 6.45) is 62.5. The van der Waals surface area contributed by atoms with E-state index in [-0.39, 0.29) is 25.7 Å². The normalized spacial score (nSPS) is 14.3. The summed E-state index contributed by atoms with van der Waals surface area (Å²) < 4.78 is 68.4. The van der Waals surface area contributed by atoms with Crippen molar-refractivity contribution in [3.63, 3.8) is 0 Å². The fourth-order valence-corrected chi connectivity index (χ4v) is 12.2. The minimum atomic E-state index is -4.97. The summed E-state index contributed by atoms with van der Waals surface area (Å²) in [7, 11) is -9.93. The van der Waals surface area contributed by atoms with Crippen LogP contribution >= 0.6 is 15.6 Å². The largest absolute Gasteiger partial charge is 0.472 e. The SMILES string of the molecule is CCCCCC/C=C\C=C/CCCCCCCC(=O)OC[C@H](COP(=O)(O)OC[C@@H](O)COP(=O)(O)OC[C@@H](COC(=O)CCCCCCCCCCCCCC)OC(=O)CCCCCCCCCCCCC(C)C)OC(=O)CCCCCCC/C=C\C=C/CCCCCC. The van der Waals surface area contributed by atoms with E-state index in [2.05, 4.69) is 83.2 Å². The molecule has 5 atom stereocenters. The van der Waals surface area contributed by atoms with E-state index < -0.39 is 97.5 Å². The van der Waals surface area contributed by atoms with Crippen molar-refractivity contribution in [2.24, 2.45) is 5.92 Å². The summed E-state index contributed by atoms with van der Waals surface area (Å²) in [6, 6.07) is 0. The Morgan fingerprint density at radius 1 is 0.326 bits per heavy atom. The zero-order valence-corrected chi connectivity index (χ0v) is 62.6. The van der Waals surface area contributed by atoms with E-state index >= 15 is 0 Å². The summed E-state index contributed by atoms with van der Waals surface area (Å²) in [5.74, 6) is -1.43. The van der Waals surface area contributed by atoms with Gasteiger partial charge >= 0.3 is 39.5 Å². The van der Waals surface area contributed by atoms with E-state index in [1.165, 1.54) is 141 Å². The Morgan fingerprint density at radius 2 is 0.568 bits per heavy atom. The van der Waals surface area contributed by atoms with Gasteiger partial charge in [0.25, 0.3) is 0 Å².